The van der Waals surface area contributed by atoms with Gasteiger partial charge in [0.15, 0.2) is 0 Å². The van der Waals surface area contributed by atoms with Crippen LogP contribution in [0.15, 0.2) is 97.3 Å². The molecule has 2 amide bonds. The molecule has 0 saturated carbocycles. The lowest BCUT2D eigenvalue weighted by Gasteiger charge is -2.13. The van der Waals surface area contributed by atoms with Crippen LogP contribution in [0.4, 0.5) is 11.4 Å². The van der Waals surface area contributed by atoms with Gasteiger partial charge in [0.2, 0.25) is 0 Å². The van der Waals surface area contributed by atoms with Crippen LogP contribution in [0.5, 0.6) is 11.5 Å². The minimum Gasteiger partial charge on any atom is -0.497 e. The number of ether oxygens (including phenoxy) is 2. The molecule has 0 saturated heterocycles. The summed E-state index contributed by atoms with van der Waals surface area (Å²) in [6, 6.07) is 24.5. The number of anilines is 2. The van der Waals surface area contributed by atoms with Gasteiger partial charge in [-0.25, -0.2) is 0 Å². The fourth-order valence-electron chi connectivity index (χ4n) is 3.24. The molecular weight excluding hydrogens is 430 g/mol. The van der Waals surface area contributed by atoms with Crippen LogP contribution in [-0.2, 0) is 6.61 Å². The lowest BCUT2D eigenvalue weighted by molar-refractivity contribution is 0.102. The van der Waals surface area contributed by atoms with Crippen LogP contribution < -0.4 is 20.1 Å². The molecule has 0 radical (unpaired) electrons. The van der Waals surface area contributed by atoms with Gasteiger partial charge in [0.25, 0.3) is 11.8 Å². The van der Waals surface area contributed by atoms with Gasteiger partial charge in [-0.05, 0) is 54.6 Å². The molecule has 0 aliphatic heterocycles. The van der Waals surface area contributed by atoms with Crippen molar-refractivity contribution >= 4 is 23.2 Å². The minimum absolute atomic E-state index is 0.325. The lowest BCUT2D eigenvalue weighted by atomic mass is 10.1. The first-order valence-corrected chi connectivity index (χ1v) is 10.6. The third-order valence-electron chi connectivity index (χ3n) is 4.99. The fourth-order valence-corrected chi connectivity index (χ4v) is 3.24. The summed E-state index contributed by atoms with van der Waals surface area (Å²) in [4.78, 5) is 29.7. The topological polar surface area (TPSA) is 89.5 Å². The molecule has 34 heavy (non-hydrogen) atoms. The average Bonchev–Trinajstić information content (AvgIpc) is 2.88. The van der Waals surface area contributed by atoms with E-state index in [-0.39, 0.29) is 11.8 Å². The molecule has 0 aliphatic carbocycles. The average molecular weight is 453 g/mol. The molecule has 0 aliphatic rings. The Morgan fingerprint density at radius 3 is 2.41 bits per heavy atom. The molecule has 0 fully saturated rings. The van der Waals surface area contributed by atoms with Crippen molar-refractivity contribution in [1.82, 2.24) is 4.98 Å². The first kappa shape index (κ1) is 22.5. The van der Waals surface area contributed by atoms with Gasteiger partial charge in [-0.3, -0.25) is 14.6 Å². The van der Waals surface area contributed by atoms with E-state index >= 15 is 0 Å². The molecule has 3 aromatic carbocycles. The molecule has 4 aromatic rings. The Labute approximate surface area is 197 Å². The van der Waals surface area contributed by atoms with Gasteiger partial charge >= 0.3 is 0 Å². The fraction of sp³-hybridized carbons (Fsp3) is 0.0741. The van der Waals surface area contributed by atoms with Crippen molar-refractivity contribution in [3.8, 4) is 11.5 Å². The summed E-state index contributed by atoms with van der Waals surface area (Å²) < 4.78 is 10.9. The lowest BCUT2D eigenvalue weighted by Crippen LogP contribution is -2.18. The second-order valence-corrected chi connectivity index (χ2v) is 7.36. The smallest absolute Gasteiger partial charge is 0.257 e. The number of rotatable bonds is 8. The molecule has 1 aromatic heterocycles. The highest BCUT2D eigenvalue weighted by Crippen LogP contribution is 2.22. The van der Waals surface area contributed by atoms with E-state index < -0.39 is 0 Å². The van der Waals surface area contributed by atoms with E-state index in [1.54, 1.807) is 86.2 Å². The Bertz CT molecular complexity index is 1270. The molecule has 0 atom stereocenters. The number of carbonyl (C=O) groups is 2. The van der Waals surface area contributed by atoms with Crippen LogP contribution in [0.25, 0.3) is 0 Å². The Kier molecular flexibility index (Phi) is 7.15. The van der Waals surface area contributed by atoms with Gasteiger partial charge in [-0.15, -0.1) is 0 Å². The largest absolute Gasteiger partial charge is 0.497 e. The first-order chi connectivity index (χ1) is 16.6. The maximum atomic E-state index is 13.0. The van der Waals surface area contributed by atoms with Crippen LogP contribution in [0.1, 0.15) is 26.3 Å². The van der Waals surface area contributed by atoms with Gasteiger partial charge in [0, 0.05) is 35.3 Å². The zero-order valence-electron chi connectivity index (χ0n) is 18.5. The Balaban J connectivity index is 1.44. The van der Waals surface area contributed by atoms with E-state index in [1.165, 1.54) is 0 Å². The predicted octanol–water partition coefficient (Wildman–Crippen LogP) is 5.17. The SMILES string of the molecule is COc1ccc(C(=O)Nc2ccccc2C(=O)Nc2cccc(OCc3cccnc3)c2)cc1. The molecule has 4 rings (SSSR count). The highest BCUT2D eigenvalue weighted by molar-refractivity contribution is 6.12. The van der Waals surface area contributed by atoms with Gasteiger partial charge in [-0.2, -0.15) is 0 Å². The van der Waals surface area contributed by atoms with Crippen molar-refractivity contribution in [1.29, 1.82) is 0 Å². The van der Waals surface area contributed by atoms with Crippen molar-refractivity contribution in [3.05, 3.63) is 114 Å². The summed E-state index contributed by atoms with van der Waals surface area (Å²) in [5.74, 6) is 0.592. The van der Waals surface area contributed by atoms with Crippen molar-refractivity contribution in [2.24, 2.45) is 0 Å². The molecule has 0 unspecified atom stereocenters. The van der Waals surface area contributed by atoms with Gasteiger partial charge in [0.1, 0.15) is 18.1 Å². The number of hydrogen-bond donors (Lipinski definition) is 2. The summed E-state index contributed by atoms with van der Waals surface area (Å²) >= 11 is 0. The first-order valence-electron chi connectivity index (χ1n) is 10.6. The van der Waals surface area contributed by atoms with Crippen molar-refractivity contribution in [2.45, 2.75) is 6.61 Å². The van der Waals surface area contributed by atoms with Crippen molar-refractivity contribution in [3.63, 3.8) is 0 Å². The molecule has 0 spiro atoms. The molecule has 2 N–H and O–H groups in total. The van der Waals surface area contributed by atoms with Crippen LogP contribution in [0, 0.1) is 0 Å². The molecule has 1 heterocycles. The zero-order valence-corrected chi connectivity index (χ0v) is 18.5. The second kappa shape index (κ2) is 10.8. The number of amides is 2. The Morgan fingerprint density at radius 2 is 1.65 bits per heavy atom. The van der Waals surface area contributed by atoms with E-state index in [0.717, 1.165) is 5.56 Å². The monoisotopic (exact) mass is 453 g/mol. The number of aromatic nitrogens is 1. The normalized spacial score (nSPS) is 10.3. The number of methoxy groups -OCH3 is 1. The van der Waals surface area contributed by atoms with E-state index in [4.69, 9.17) is 9.47 Å². The molecule has 7 nitrogen and oxygen atoms in total. The van der Waals surface area contributed by atoms with E-state index in [9.17, 15) is 9.59 Å². The maximum absolute atomic E-state index is 13.0. The van der Waals surface area contributed by atoms with E-state index in [2.05, 4.69) is 15.6 Å². The summed E-state index contributed by atoms with van der Waals surface area (Å²) in [5, 5.41) is 5.68. The Hall–Kier alpha value is -4.65. The molecule has 7 heteroatoms. The highest BCUT2D eigenvalue weighted by Gasteiger charge is 2.15. The number of carbonyl (C=O) groups excluding carboxylic acids is 2. The molecule has 0 bridgehead atoms. The third-order valence-corrected chi connectivity index (χ3v) is 4.99. The second-order valence-electron chi connectivity index (χ2n) is 7.36. The number of nitrogens with one attached hydrogen (secondary N) is 2. The maximum Gasteiger partial charge on any atom is 0.257 e. The summed E-state index contributed by atoms with van der Waals surface area (Å²) in [7, 11) is 1.56. The minimum atomic E-state index is -0.352. The third kappa shape index (κ3) is 5.77. The number of hydrogen-bond acceptors (Lipinski definition) is 5. The van der Waals surface area contributed by atoms with Crippen LogP contribution >= 0.6 is 0 Å². The summed E-state index contributed by atoms with van der Waals surface area (Å²) in [5.41, 5.74) is 2.72. The van der Waals surface area contributed by atoms with E-state index in [1.807, 2.05) is 18.2 Å². The number of pyridine rings is 1. The van der Waals surface area contributed by atoms with Gasteiger partial charge in [0.05, 0.1) is 18.4 Å². The van der Waals surface area contributed by atoms with Crippen molar-refractivity contribution in [2.75, 3.05) is 17.7 Å². The number of benzene rings is 3. The van der Waals surface area contributed by atoms with Crippen LogP contribution in [0.2, 0.25) is 0 Å². The predicted molar refractivity (Wildman–Crippen MR) is 130 cm³/mol. The summed E-state index contributed by atoms with van der Waals surface area (Å²) in [6.45, 7) is 0.367. The van der Waals surface area contributed by atoms with Crippen molar-refractivity contribution < 1.29 is 19.1 Å². The molecule has 170 valence electrons. The van der Waals surface area contributed by atoms with Gasteiger partial charge < -0.3 is 20.1 Å². The standard InChI is InChI=1S/C27H23N3O4/c1-33-22-13-11-20(12-14-22)26(31)30-25-10-3-2-9-24(25)27(32)29-21-7-4-8-23(16-21)34-18-19-6-5-15-28-17-19/h2-17H,18H2,1H3,(H,29,32)(H,30,31). The van der Waals surface area contributed by atoms with E-state index in [0.29, 0.717) is 40.6 Å². The number of para-hydroxylation sites is 1. The Morgan fingerprint density at radius 1 is 0.824 bits per heavy atom. The molecular formula is C27H23N3O4. The van der Waals surface area contributed by atoms with Gasteiger partial charge in [-0.1, -0.05) is 24.3 Å². The zero-order chi connectivity index (χ0) is 23.8. The van der Waals surface area contributed by atoms with Crippen LogP contribution in [0.3, 0.4) is 0 Å². The summed E-state index contributed by atoms with van der Waals surface area (Å²) in [6.07, 6.45) is 3.44. The highest BCUT2D eigenvalue weighted by atomic mass is 16.5. The number of nitrogens with zero attached hydrogens (tertiary/aromatic N) is 1. The van der Waals surface area contributed by atoms with Crippen LogP contribution in [-0.4, -0.2) is 23.9 Å². The quantitative estimate of drug-likeness (QED) is 0.384.